The van der Waals surface area contributed by atoms with Gasteiger partial charge in [0, 0.05) is 24.1 Å². The van der Waals surface area contributed by atoms with Crippen molar-refractivity contribution in [1.29, 1.82) is 0 Å². The summed E-state index contributed by atoms with van der Waals surface area (Å²) in [7, 11) is 0. The van der Waals surface area contributed by atoms with E-state index in [-0.39, 0.29) is 11.5 Å². The number of phenols is 2. The molecule has 2 N–H and O–H groups in total. The number of hydrogen-bond donors (Lipinski definition) is 2. The van der Waals surface area contributed by atoms with E-state index in [4.69, 9.17) is 0 Å². The van der Waals surface area contributed by atoms with Gasteiger partial charge >= 0.3 is 0 Å². The van der Waals surface area contributed by atoms with Crippen molar-refractivity contribution in [3.8, 4) is 11.5 Å². The topological polar surface area (TPSA) is 44.3 Å². The van der Waals surface area contributed by atoms with Crippen molar-refractivity contribution in [3.05, 3.63) is 53.9 Å². The molecule has 20 heavy (non-hydrogen) atoms. The molecule has 0 aliphatic heterocycles. The highest BCUT2D eigenvalue weighted by Gasteiger charge is 2.14. The van der Waals surface area contributed by atoms with Crippen molar-refractivity contribution in [2.45, 2.75) is 33.2 Å². The lowest BCUT2D eigenvalue weighted by Crippen LogP contribution is -2.39. The van der Waals surface area contributed by atoms with Gasteiger partial charge in [-0.05, 0) is 24.1 Å². The molecule has 0 aliphatic carbocycles. The number of benzene rings is 1. The fourth-order valence-corrected chi connectivity index (χ4v) is 2.22. The summed E-state index contributed by atoms with van der Waals surface area (Å²) in [5.41, 5.74) is 2.26. The van der Waals surface area contributed by atoms with Gasteiger partial charge in [-0.3, -0.25) is 0 Å². The summed E-state index contributed by atoms with van der Waals surface area (Å²) in [5, 5.41) is 18.9. The third kappa shape index (κ3) is 3.50. The van der Waals surface area contributed by atoms with Gasteiger partial charge in [0.15, 0.2) is 29.9 Å². The third-order valence-electron chi connectivity index (χ3n) is 3.68. The van der Waals surface area contributed by atoms with Crippen LogP contribution in [0, 0.1) is 5.92 Å². The number of hydrogen-bond acceptors (Lipinski definition) is 2. The number of pyridine rings is 1. The van der Waals surface area contributed by atoms with Crippen LogP contribution in [0.1, 0.15) is 31.5 Å². The summed E-state index contributed by atoms with van der Waals surface area (Å²) in [4.78, 5) is 0. The molecule has 3 nitrogen and oxygen atoms in total. The van der Waals surface area contributed by atoms with Crippen molar-refractivity contribution in [3.63, 3.8) is 0 Å². The molecular formula is C17H22NO2+. The highest BCUT2D eigenvalue weighted by Crippen LogP contribution is 2.24. The first kappa shape index (κ1) is 14.4. The van der Waals surface area contributed by atoms with Crippen LogP contribution in [0.4, 0.5) is 0 Å². The number of rotatable bonds is 5. The standard InChI is InChI=1S/C17H21NO2/c1-3-13(2)10-15-6-4-5-9-18(15)12-14-7-8-16(19)17(20)11-14/h4-9,11,13H,3,10,12H2,1-2H3,(H-,19,20)/p+1. The third-order valence-corrected chi connectivity index (χ3v) is 3.68. The number of aromatic nitrogens is 1. The summed E-state index contributed by atoms with van der Waals surface area (Å²) < 4.78 is 2.19. The van der Waals surface area contributed by atoms with E-state index in [1.165, 1.54) is 11.8 Å². The molecule has 2 aromatic rings. The Kier molecular flexibility index (Phi) is 4.61. The second-order valence-corrected chi connectivity index (χ2v) is 5.36. The molecule has 0 fully saturated rings. The van der Waals surface area contributed by atoms with Gasteiger partial charge in [-0.2, -0.15) is 4.57 Å². The summed E-state index contributed by atoms with van der Waals surface area (Å²) >= 11 is 0. The van der Waals surface area contributed by atoms with E-state index in [1.54, 1.807) is 6.07 Å². The van der Waals surface area contributed by atoms with Gasteiger partial charge in [0.2, 0.25) is 0 Å². The Hall–Kier alpha value is -2.03. The predicted molar refractivity (Wildman–Crippen MR) is 78.7 cm³/mol. The van der Waals surface area contributed by atoms with Gasteiger partial charge in [-0.25, -0.2) is 0 Å². The normalized spacial score (nSPS) is 12.3. The zero-order chi connectivity index (χ0) is 14.5. The van der Waals surface area contributed by atoms with Crippen LogP contribution in [0.3, 0.4) is 0 Å². The molecule has 106 valence electrons. The average Bonchev–Trinajstić information content (AvgIpc) is 2.45. The van der Waals surface area contributed by atoms with Gasteiger partial charge in [0.1, 0.15) is 0 Å². The maximum atomic E-state index is 9.57. The molecule has 2 rings (SSSR count). The predicted octanol–water partition coefficient (Wildman–Crippen LogP) is 3.02. The van der Waals surface area contributed by atoms with Crippen molar-refractivity contribution in [1.82, 2.24) is 0 Å². The molecule has 1 atom stereocenters. The van der Waals surface area contributed by atoms with Crippen LogP contribution in [-0.2, 0) is 13.0 Å². The Bertz CT molecular complexity index is 581. The van der Waals surface area contributed by atoms with E-state index in [9.17, 15) is 10.2 Å². The molecule has 0 saturated heterocycles. The number of aromatic hydroxyl groups is 2. The minimum atomic E-state index is -0.0772. The van der Waals surface area contributed by atoms with Crippen LogP contribution >= 0.6 is 0 Å². The van der Waals surface area contributed by atoms with Crippen LogP contribution in [0.5, 0.6) is 11.5 Å². The van der Waals surface area contributed by atoms with Gasteiger partial charge in [-0.15, -0.1) is 0 Å². The molecule has 0 aliphatic rings. The summed E-state index contributed by atoms with van der Waals surface area (Å²) in [6, 6.07) is 11.2. The van der Waals surface area contributed by atoms with Crippen molar-refractivity contribution in [2.75, 3.05) is 0 Å². The minimum absolute atomic E-state index is 0.0671. The SMILES string of the molecule is CCC(C)Cc1cccc[n+]1Cc1ccc(O)c(O)c1. The lowest BCUT2D eigenvalue weighted by molar-refractivity contribution is -0.696. The Labute approximate surface area is 120 Å². The summed E-state index contributed by atoms with van der Waals surface area (Å²) in [5.74, 6) is 0.506. The van der Waals surface area contributed by atoms with Crippen molar-refractivity contribution >= 4 is 0 Å². The van der Waals surface area contributed by atoms with E-state index in [2.05, 4.69) is 36.7 Å². The summed E-state index contributed by atoms with van der Waals surface area (Å²) in [6.45, 7) is 5.15. The highest BCUT2D eigenvalue weighted by atomic mass is 16.3. The van der Waals surface area contributed by atoms with Gasteiger partial charge < -0.3 is 10.2 Å². The number of phenolic OH excluding ortho intramolecular Hbond substituents is 2. The van der Waals surface area contributed by atoms with Gasteiger partial charge in [-0.1, -0.05) is 26.3 Å². The zero-order valence-electron chi connectivity index (χ0n) is 12.1. The van der Waals surface area contributed by atoms with E-state index >= 15 is 0 Å². The number of nitrogens with zero attached hydrogens (tertiary/aromatic N) is 1. The first-order valence-electron chi connectivity index (χ1n) is 7.08. The smallest absolute Gasteiger partial charge is 0.181 e. The molecule has 0 radical (unpaired) electrons. The van der Waals surface area contributed by atoms with E-state index in [0.717, 1.165) is 18.4 Å². The van der Waals surface area contributed by atoms with Gasteiger partial charge in [0.05, 0.1) is 0 Å². The largest absolute Gasteiger partial charge is 0.504 e. The molecular weight excluding hydrogens is 250 g/mol. The molecule has 1 heterocycles. The average molecular weight is 272 g/mol. The molecule has 1 unspecified atom stereocenters. The Morgan fingerprint density at radius 1 is 1.10 bits per heavy atom. The lowest BCUT2D eigenvalue weighted by atomic mass is 10.0. The van der Waals surface area contributed by atoms with Crippen LogP contribution < -0.4 is 4.57 Å². The fourth-order valence-electron chi connectivity index (χ4n) is 2.22. The van der Waals surface area contributed by atoms with E-state index < -0.39 is 0 Å². The van der Waals surface area contributed by atoms with Crippen LogP contribution in [0.15, 0.2) is 42.6 Å². The maximum absolute atomic E-state index is 9.57. The second-order valence-electron chi connectivity index (χ2n) is 5.36. The quantitative estimate of drug-likeness (QED) is 0.649. The van der Waals surface area contributed by atoms with Crippen LogP contribution in [0.2, 0.25) is 0 Å². The first-order valence-corrected chi connectivity index (χ1v) is 7.08. The maximum Gasteiger partial charge on any atom is 0.181 e. The Morgan fingerprint density at radius 2 is 1.90 bits per heavy atom. The molecule has 0 saturated carbocycles. The van der Waals surface area contributed by atoms with E-state index in [0.29, 0.717) is 12.5 Å². The fraction of sp³-hybridized carbons (Fsp3) is 0.353. The molecule has 1 aromatic carbocycles. The molecule has 0 amide bonds. The monoisotopic (exact) mass is 272 g/mol. The van der Waals surface area contributed by atoms with Crippen molar-refractivity contribution < 1.29 is 14.8 Å². The van der Waals surface area contributed by atoms with Crippen molar-refractivity contribution in [2.24, 2.45) is 5.92 Å². The lowest BCUT2D eigenvalue weighted by Gasteiger charge is -2.08. The highest BCUT2D eigenvalue weighted by molar-refractivity contribution is 5.40. The van der Waals surface area contributed by atoms with Crippen LogP contribution in [0.25, 0.3) is 0 Å². The van der Waals surface area contributed by atoms with E-state index in [1.807, 2.05) is 12.1 Å². The molecule has 0 spiro atoms. The first-order chi connectivity index (χ1) is 9.60. The molecule has 3 heteroatoms. The van der Waals surface area contributed by atoms with Gasteiger partial charge in [0.25, 0.3) is 0 Å². The second kappa shape index (κ2) is 6.42. The summed E-state index contributed by atoms with van der Waals surface area (Å²) in [6.07, 6.45) is 4.26. The Balaban J connectivity index is 2.22. The zero-order valence-corrected chi connectivity index (χ0v) is 12.1. The minimum Gasteiger partial charge on any atom is -0.504 e. The van der Waals surface area contributed by atoms with Crippen LogP contribution in [-0.4, -0.2) is 10.2 Å². The molecule has 0 bridgehead atoms. The molecule has 1 aromatic heterocycles. The Morgan fingerprint density at radius 3 is 2.60 bits per heavy atom.